The molecule has 66 heavy (non-hydrogen) atoms. The first kappa shape index (κ1) is 60.5. The Bertz CT molecular complexity index is 1610. The van der Waals surface area contributed by atoms with Crippen molar-refractivity contribution in [2.45, 2.75) is 179 Å². The molecule has 0 aromatic carbocycles. The van der Waals surface area contributed by atoms with E-state index in [4.69, 9.17) is 18.9 Å². The lowest BCUT2D eigenvalue weighted by molar-refractivity contribution is -0.301. The smallest absolute Gasteiger partial charge is 0.397 e. The highest BCUT2D eigenvalue weighted by molar-refractivity contribution is 7.80. The highest BCUT2D eigenvalue weighted by Gasteiger charge is 2.48. The highest BCUT2D eigenvalue weighted by Crippen LogP contribution is 2.26. The molecule has 0 aromatic heterocycles. The molecule has 1 rings (SSSR count). The summed E-state index contributed by atoms with van der Waals surface area (Å²) in [6.45, 7) is 3.62. The van der Waals surface area contributed by atoms with Gasteiger partial charge >= 0.3 is 16.4 Å². The molecule has 0 radical (unpaired) electrons. The maximum Gasteiger partial charge on any atom is 0.397 e. The van der Waals surface area contributed by atoms with Crippen molar-refractivity contribution >= 4 is 16.4 Å². The first-order chi connectivity index (χ1) is 32.1. The predicted octanol–water partition coefficient (Wildman–Crippen LogP) is 11.0. The summed E-state index contributed by atoms with van der Waals surface area (Å²) in [5, 5.41) is 30.7. The maximum atomic E-state index is 12.9. The fraction of sp³-hybridized carbons (Fsp3) is 0.604. The molecule has 0 amide bonds. The van der Waals surface area contributed by atoms with Crippen LogP contribution in [0.15, 0.2) is 122 Å². The zero-order valence-electron chi connectivity index (χ0n) is 39.9. The first-order valence-electron chi connectivity index (χ1n) is 24.3. The summed E-state index contributed by atoms with van der Waals surface area (Å²) < 4.78 is 59.1. The topological polar surface area (TPSA) is 178 Å². The molecule has 0 spiro atoms. The lowest BCUT2D eigenvalue weighted by Crippen LogP contribution is -2.60. The van der Waals surface area contributed by atoms with Gasteiger partial charge in [-0.15, -0.1) is 0 Å². The zero-order chi connectivity index (χ0) is 48.2. The van der Waals surface area contributed by atoms with E-state index in [0.29, 0.717) is 13.0 Å². The van der Waals surface area contributed by atoms with Crippen molar-refractivity contribution in [3.05, 3.63) is 122 Å². The molecule has 1 heterocycles. The molecule has 6 unspecified atom stereocenters. The third-order valence-corrected chi connectivity index (χ3v) is 10.5. The Hall–Kier alpha value is -3.50. The number of aliphatic hydroxyl groups is 3. The number of esters is 1. The second kappa shape index (κ2) is 42.8. The summed E-state index contributed by atoms with van der Waals surface area (Å²) in [4.78, 5) is 12.9. The maximum absolute atomic E-state index is 12.9. The molecule has 0 saturated carbocycles. The Morgan fingerprint density at radius 3 is 1.44 bits per heavy atom. The second-order valence-corrected chi connectivity index (χ2v) is 17.0. The normalized spacial score (nSPS) is 20.6. The van der Waals surface area contributed by atoms with E-state index in [-0.39, 0.29) is 19.6 Å². The molecule has 0 aliphatic carbocycles. The van der Waals surface area contributed by atoms with Crippen LogP contribution in [-0.4, -0.2) is 97.5 Å². The molecular formula is C53H84O12S. The summed E-state index contributed by atoms with van der Waals surface area (Å²) in [7, 11) is -5.08. The molecule has 6 atom stereocenters. The monoisotopic (exact) mass is 945 g/mol. The average molecular weight is 945 g/mol. The fourth-order valence-electron chi connectivity index (χ4n) is 6.49. The minimum absolute atomic E-state index is 0.00637. The minimum Gasteiger partial charge on any atom is -0.457 e. The van der Waals surface area contributed by atoms with Gasteiger partial charge in [0.2, 0.25) is 0 Å². The molecule has 12 nitrogen and oxygen atoms in total. The van der Waals surface area contributed by atoms with Gasteiger partial charge in [-0.05, 0) is 103 Å². The van der Waals surface area contributed by atoms with Crippen LogP contribution in [0.4, 0.5) is 0 Å². The van der Waals surface area contributed by atoms with Gasteiger partial charge in [-0.2, -0.15) is 8.42 Å². The van der Waals surface area contributed by atoms with Gasteiger partial charge in [-0.25, -0.2) is 4.18 Å². The van der Waals surface area contributed by atoms with Crippen molar-refractivity contribution < 1.29 is 56.2 Å². The molecule has 0 aromatic rings. The van der Waals surface area contributed by atoms with Crippen LogP contribution >= 0.6 is 0 Å². The standard InChI is InChI=1S/C53H84O12S/c1-3-5-7-9-11-13-15-17-19-21-22-23-24-25-27-29-31-33-35-37-39-41-43-61-45-47(46-62-53-51(57)52(65-66(58,59)60)50(56)48(44-54)64-53)63-49(55)42-40-38-36-34-32-30-28-26-20-18-16-14-12-10-8-6-4-2/h5-8,11-14,17-20,22-23,25,27-28,30-31,33,47-48,50-54,56-57H,3-4,9-10,15-16,21,24,26,29,32,34-46H2,1-2H3,(H,58,59,60)/b7-5-,8-6-,13-11-,14-12-,19-17-,20-18-,23-22-,27-25-,30-28-,33-31-. The molecule has 4 N–H and O–H groups in total. The van der Waals surface area contributed by atoms with Crippen LogP contribution in [0, 0.1) is 0 Å². The van der Waals surface area contributed by atoms with E-state index in [1.165, 1.54) is 0 Å². The second-order valence-electron chi connectivity index (χ2n) is 15.9. The molecule has 1 aliphatic heterocycles. The van der Waals surface area contributed by atoms with E-state index in [1.54, 1.807) is 0 Å². The number of hydrogen-bond donors (Lipinski definition) is 4. The SMILES string of the molecule is CC/C=C\C/C=C\C/C=C\C/C=C\C/C=C\C/C=C\CCCCCOCC(COC1OC(CO)C(O)C(OS(=O)(=O)O)C1O)OC(=O)CCCCCC/C=C\C/C=C\C/C=C\C/C=C\CC. The number of aliphatic hydroxyl groups excluding tert-OH is 3. The van der Waals surface area contributed by atoms with Crippen molar-refractivity contribution in [1.82, 2.24) is 0 Å². The van der Waals surface area contributed by atoms with Crippen LogP contribution in [0.2, 0.25) is 0 Å². The molecule has 374 valence electrons. The van der Waals surface area contributed by atoms with Crippen LogP contribution in [0.1, 0.15) is 142 Å². The van der Waals surface area contributed by atoms with Gasteiger partial charge in [0.05, 0.1) is 19.8 Å². The number of ether oxygens (including phenoxy) is 4. The summed E-state index contributed by atoms with van der Waals surface area (Å²) in [6, 6.07) is 0. The van der Waals surface area contributed by atoms with E-state index < -0.39 is 59.8 Å². The van der Waals surface area contributed by atoms with Crippen molar-refractivity contribution in [2.75, 3.05) is 26.4 Å². The van der Waals surface area contributed by atoms with E-state index in [2.05, 4.69) is 140 Å². The summed E-state index contributed by atoms with van der Waals surface area (Å²) in [5.41, 5.74) is 0. The number of carbonyl (C=O) groups excluding carboxylic acids is 1. The van der Waals surface area contributed by atoms with Crippen molar-refractivity contribution in [2.24, 2.45) is 0 Å². The van der Waals surface area contributed by atoms with Crippen LogP contribution < -0.4 is 0 Å². The predicted molar refractivity (Wildman–Crippen MR) is 266 cm³/mol. The molecule has 1 aliphatic rings. The number of unbranched alkanes of at least 4 members (excludes halogenated alkanes) is 7. The van der Waals surface area contributed by atoms with E-state index in [9.17, 15) is 33.1 Å². The van der Waals surface area contributed by atoms with Gasteiger partial charge in [-0.3, -0.25) is 9.35 Å². The van der Waals surface area contributed by atoms with Gasteiger partial charge in [0.25, 0.3) is 0 Å². The number of allylic oxidation sites excluding steroid dienone is 20. The molecule has 1 saturated heterocycles. The van der Waals surface area contributed by atoms with Crippen molar-refractivity contribution in [3.8, 4) is 0 Å². The molecule has 0 bridgehead atoms. The van der Waals surface area contributed by atoms with Crippen LogP contribution in [-0.2, 0) is 38.3 Å². The van der Waals surface area contributed by atoms with Crippen molar-refractivity contribution in [3.63, 3.8) is 0 Å². The van der Waals surface area contributed by atoms with E-state index in [0.717, 1.165) is 116 Å². The van der Waals surface area contributed by atoms with Crippen LogP contribution in [0.25, 0.3) is 0 Å². The number of carbonyl (C=O) groups is 1. The summed E-state index contributed by atoms with van der Waals surface area (Å²) in [6.07, 6.45) is 52.3. The van der Waals surface area contributed by atoms with E-state index in [1.807, 2.05) is 0 Å². The van der Waals surface area contributed by atoms with Crippen LogP contribution in [0.3, 0.4) is 0 Å². The third kappa shape index (κ3) is 35.7. The Morgan fingerprint density at radius 1 is 0.576 bits per heavy atom. The average Bonchev–Trinajstić information content (AvgIpc) is 3.29. The van der Waals surface area contributed by atoms with Gasteiger partial charge in [0, 0.05) is 13.0 Å². The Morgan fingerprint density at radius 2 is 1.00 bits per heavy atom. The first-order valence-corrected chi connectivity index (χ1v) is 25.7. The lowest BCUT2D eigenvalue weighted by atomic mass is 9.99. The quantitative estimate of drug-likeness (QED) is 0.0198. The number of hydrogen-bond acceptors (Lipinski definition) is 11. The zero-order valence-corrected chi connectivity index (χ0v) is 40.8. The Kier molecular flexibility index (Phi) is 39.3. The van der Waals surface area contributed by atoms with Crippen molar-refractivity contribution in [1.29, 1.82) is 0 Å². The van der Waals surface area contributed by atoms with E-state index >= 15 is 0 Å². The molecular weight excluding hydrogens is 861 g/mol. The summed E-state index contributed by atoms with van der Waals surface area (Å²) >= 11 is 0. The van der Waals surface area contributed by atoms with Gasteiger partial charge in [0.15, 0.2) is 6.29 Å². The lowest BCUT2D eigenvalue weighted by Gasteiger charge is -2.41. The Balaban J connectivity index is 2.46. The molecule has 13 heteroatoms. The highest BCUT2D eigenvalue weighted by atomic mass is 32.3. The van der Waals surface area contributed by atoms with Gasteiger partial charge in [0.1, 0.15) is 30.5 Å². The summed E-state index contributed by atoms with van der Waals surface area (Å²) in [5.74, 6) is -0.441. The number of rotatable bonds is 40. The van der Waals surface area contributed by atoms with Crippen LogP contribution in [0.5, 0.6) is 0 Å². The van der Waals surface area contributed by atoms with Gasteiger partial charge in [-0.1, -0.05) is 155 Å². The largest absolute Gasteiger partial charge is 0.457 e. The Labute approximate surface area is 398 Å². The molecule has 1 fully saturated rings. The third-order valence-electron chi connectivity index (χ3n) is 10.1. The minimum atomic E-state index is -5.08. The fourth-order valence-corrected chi connectivity index (χ4v) is 7.00. The van der Waals surface area contributed by atoms with Gasteiger partial charge < -0.3 is 34.3 Å².